The van der Waals surface area contributed by atoms with Gasteiger partial charge in [-0.2, -0.15) is 0 Å². The Morgan fingerprint density at radius 2 is 1.03 bits per heavy atom. The van der Waals surface area contributed by atoms with Crippen molar-refractivity contribution in [3.8, 4) is 0 Å². The van der Waals surface area contributed by atoms with Crippen LogP contribution in [0, 0.1) is 22.7 Å². The van der Waals surface area contributed by atoms with Crippen LogP contribution in [0.5, 0.6) is 0 Å². The summed E-state index contributed by atoms with van der Waals surface area (Å²) >= 11 is 0. The first-order valence-corrected chi connectivity index (χ1v) is 13.0. The van der Waals surface area contributed by atoms with E-state index in [1.54, 1.807) is 12.2 Å². The summed E-state index contributed by atoms with van der Waals surface area (Å²) in [6, 6.07) is 0. The molecule has 0 aromatic carbocycles. The van der Waals surface area contributed by atoms with Gasteiger partial charge < -0.3 is 0 Å². The van der Waals surface area contributed by atoms with Gasteiger partial charge in [0, 0.05) is 11.8 Å². The highest BCUT2D eigenvalue weighted by molar-refractivity contribution is 5.91. The molecule has 0 aliphatic carbocycles. The fraction of sp³-hybridized carbons (Fsp3) is 0.625. The molecule has 0 radical (unpaired) electrons. The van der Waals surface area contributed by atoms with Crippen molar-refractivity contribution in [1.82, 2.24) is 0 Å². The molecule has 0 fully saturated rings. The summed E-state index contributed by atoms with van der Waals surface area (Å²) < 4.78 is 0. The van der Waals surface area contributed by atoms with Gasteiger partial charge in [0.1, 0.15) is 0 Å². The molecule has 0 saturated carbocycles. The van der Waals surface area contributed by atoms with E-state index in [1.165, 1.54) is 11.1 Å². The Kier molecular flexibility index (Phi) is 14.9. The van der Waals surface area contributed by atoms with Gasteiger partial charge in [-0.1, -0.05) is 77.0 Å². The Labute approximate surface area is 211 Å². The molecular formula is C32H52O2. The Hall–Kier alpha value is -1.96. The monoisotopic (exact) mass is 468 g/mol. The molecule has 0 aromatic heterocycles. The van der Waals surface area contributed by atoms with Crippen LogP contribution in [0.3, 0.4) is 0 Å². The zero-order valence-corrected chi connectivity index (χ0v) is 23.5. The van der Waals surface area contributed by atoms with Crippen LogP contribution >= 0.6 is 0 Å². The number of hydrogen-bond donors (Lipinski definition) is 0. The van der Waals surface area contributed by atoms with Crippen molar-refractivity contribution in [3.63, 3.8) is 0 Å². The standard InChI is InChI=1S/C32H52O2/c1-25(2)15-13-17-27(5)29(33)19-23-31(7,8)21-11-12-22-32(9,10)24-20-30(34)28(6)18-14-16-26(3)4/h11-12,19-20,23-24,27-28H,1,3,13-18,21-22H2,2,4-10H3/b12-11+,23-19+,24-20+. The van der Waals surface area contributed by atoms with Gasteiger partial charge in [-0.15, -0.1) is 13.2 Å². The molecule has 2 heteroatoms. The molecule has 34 heavy (non-hydrogen) atoms. The predicted octanol–water partition coefficient (Wildman–Crippen LogP) is 9.39. The second-order valence-corrected chi connectivity index (χ2v) is 11.8. The second-order valence-electron chi connectivity index (χ2n) is 11.8. The number of hydrogen-bond acceptors (Lipinski definition) is 2. The predicted molar refractivity (Wildman–Crippen MR) is 150 cm³/mol. The highest BCUT2D eigenvalue weighted by Gasteiger charge is 2.17. The molecule has 0 amide bonds. The minimum Gasteiger partial charge on any atom is -0.295 e. The van der Waals surface area contributed by atoms with E-state index in [0.717, 1.165) is 51.4 Å². The van der Waals surface area contributed by atoms with Gasteiger partial charge >= 0.3 is 0 Å². The zero-order valence-electron chi connectivity index (χ0n) is 23.5. The number of carbonyl (C=O) groups is 2. The van der Waals surface area contributed by atoms with E-state index in [0.29, 0.717) is 0 Å². The third-order valence-corrected chi connectivity index (χ3v) is 6.30. The first-order chi connectivity index (χ1) is 15.6. The lowest BCUT2D eigenvalue weighted by atomic mass is 9.85. The Bertz CT molecular complexity index is 694. The smallest absolute Gasteiger partial charge is 0.158 e. The van der Waals surface area contributed by atoms with Crippen LogP contribution in [0.15, 0.2) is 60.8 Å². The van der Waals surface area contributed by atoms with E-state index in [2.05, 4.69) is 53.0 Å². The van der Waals surface area contributed by atoms with Gasteiger partial charge in [-0.3, -0.25) is 9.59 Å². The number of ketones is 2. The molecule has 0 spiro atoms. The van der Waals surface area contributed by atoms with Gasteiger partial charge in [0.05, 0.1) is 0 Å². The maximum Gasteiger partial charge on any atom is 0.158 e. The van der Waals surface area contributed by atoms with E-state index in [4.69, 9.17) is 0 Å². The normalized spacial score (nSPS) is 14.7. The molecule has 0 aromatic rings. The summed E-state index contributed by atoms with van der Waals surface area (Å²) in [7, 11) is 0. The third kappa shape index (κ3) is 16.6. The Morgan fingerprint density at radius 1 is 0.706 bits per heavy atom. The molecule has 0 aliphatic rings. The quantitative estimate of drug-likeness (QED) is 0.148. The van der Waals surface area contributed by atoms with E-state index in [9.17, 15) is 9.59 Å². The van der Waals surface area contributed by atoms with Gasteiger partial charge in [0.15, 0.2) is 11.6 Å². The van der Waals surface area contributed by atoms with Gasteiger partial charge in [0.2, 0.25) is 0 Å². The first kappa shape index (κ1) is 32.0. The molecule has 0 aliphatic heterocycles. The Balaban J connectivity index is 4.58. The van der Waals surface area contributed by atoms with Gasteiger partial charge in [0.25, 0.3) is 0 Å². The lowest BCUT2D eigenvalue weighted by Crippen LogP contribution is -2.12. The fourth-order valence-corrected chi connectivity index (χ4v) is 3.56. The highest BCUT2D eigenvalue weighted by atomic mass is 16.1. The van der Waals surface area contributed by atoms with Gasteiger partial charge in [-0.25, -0.2) is 0 Å². The third-order valence-electron chi connectivity index (χ3n) is 6.30. The summed E-state index contributed by atoms with van der Waals surface area (Å²) in [5.74, 6) is 0.546. The lowest BCUT2D eigenvalue weighted by Gasteiger charge is -2.20. The van der Waals surface area contributed by atoms with Crippen LogP contribution in [0.4, 0.5) is 0 Å². The summed E-state index contributed by atoms with van der Waals surface area (Å²) in [6.45, 7) is 24.6. The van der Waals surface area contributed by atoms with Crippen LogP contribution in [0.25, 0.3) is 0 Å². The van der Waals surface area contributed by atoms with Crippen LogP contribution in [-0.2, 0) is 9.59 Å². The molecule has 2 atom stereocenters. The average Bonchev–Trinajstić information content (AvgIpc) is 2.72. The molecule has 0 heterocycles. The van der Waals surface area contributed by atoms with Crippen LogP contribution < -0.4 is 0 Å². The molecule has 0 N–H and O–H groups in total. The summed E-state index contributed by atoms with van der Waals surface area (Å²) in [5, 5.41) is 0. The average molecular weight is 469 g/mol. The summed E-state index contributed by atoms with van der Waals surface area (Å²) in [6.07, 6.45) is 19.6. The van der Waals surface area contributed by atoms with Crippen LogP contribution in [-0.4, -0.2) is 11.6 Å². The van der Waals surface area contributed by atoms with Crippen molar-refractivity contribution in [3.05, 3.63) is 60.8 Å². The zero-order chi connectivity index (χ0) is 26.4. The summed E-state index contributed by atoms with van der Waals surface area (Å²) in [4.78, 5) is 24.8. The fourth-order valence-electron chi connectivity index (χ4n) is 3.56. The molecule has 0 saturated heterocycles. The van der Waals surface area contributed by atoms with E-state index in [1.807, 2.05) is 39.8 Å². The van der Waals surface area contributed by atoms with Crippen LogP contribution in [0.1, 0.15) is 107 Å². The number of carbonyl (C=O) groups excluding carboxylic acids is 2. The largest absolute Gasteiger partial charge is 0.295 e. The van der Waals surface area contributed by atoms with Crippen molar-refractivity contribution in [2.24, 2.45) is 22.7 Å². The molecule has 0 bridgehead atoms. The summed E-state index contributed by atoms with van der Waals surface area (Å²) in [5.41, 5.74) is 2.21. The Morgan fingerprint density at radius 3 is 1.32 bits per heavy atom. The maximum absolute atomic E-state index is 12.4. The lowest BCUT2D eigenvalue weighted by molar-refractivity contribution is -0.118. The minimum absolute atomic E-state index is 0.0612. The highest BCUT2D eigenvalue weighted by Crippen LogP contribution is 2.27. The van der Waals surface area contributed by atoms with Gasteiger partial charge in [-0.05, 0) is 88.2 Å². The van der Waals surface area contributed by atoms with Crippen molar-refractivity contribution >= 4 is 11.6 Å². The molecule has 192 valence electrons. The minimum atomic E-state index is -0.0707. The molecular weight excluding hydrogens is 416 g/mol. The van der Waals surface area contributed by atoms with E-state index in [-0.39, 0.29) is 34.2 Å². The van der Waals surface area contributed by atoms with E-state index >= 15 is 0 Å². The number of rotatable bonds is 18. The van der Waals surface area contributed by atoms with Crippen LogP contribution in [0.2, 0.25) is 0 Å². The van der Waals surface area contributed by atoms with E-state index < -0.39 is 0 Å². The van der Waals surface area contributed by atoms with Crippen molar-refractivity contribution in [2.45, 2.75) is 107 Å². The first-order valence-electron chi connectivity index (χ1n) is 13.0. The molecule has 2 nitrogen and oxygen atoms in total. The van der Waals surface area contributed by atoms with Crippen molar-refractivity contribution in [1.29, 1.82) is 0 Å². The second kappa shape index (κ2) is 15.8. The number of allylic oxidation sites excluding steroid dienone is 8. The SMILES string of the molecule is C=C(C)CCCC(C)C(=O)/C=C/C(C)(C)C/C=C/CC(C)(C)/C=C/C(=O)C(C)CCCC(=C)C. The van der Waals surface area contributed by atoms with Crippen molar-refractivity contribution < 1.29 is 9.59 Å². The maximum atomic E-state index is 12.4. The van der Waals surface area contributed by atoms with Crippen molar-refractivity contribution in [2.75, 3.05) is 0 Å². The molecule has 2 unspecified atom stereocenters. The molecule has 0 rings (SSSR count). The topological polar surface area (TPSA) is 34.1 Å².